The number of hydrogen-bond acceptors (Lipinski definition) is 2. The molecule has 0 N–H and O–H groups in total. The first kappa shape index (κ1) is 9.43. The minimum atomic E-state index is 0.00569. The number of hydrogen-bond donors (Lipinski definition) is 0. The van der Waals surface area contributed by atoms with Gasteiger partial charge in [0, 0.05) is 20.2 Å². The highest BCUT2D eigenvalue weighted by Gasteiger charge is 2.04. The molecule has 0 rings (SSSR count). The summed E-state index contributed by atoms with van der Waals surface area (Å²) >= 11 is 0. The molecule has 0 aromatic carbocycles. The van der Waals surface area contributed by atoms with E-state index in [-0.39, 0.29) is 12.5 Å². The average molecular weight is 144 g/mol. The summed E-state index contributed by atoms with van der Waals surface area (Å²) in [5, 5.41) is 0. The van der Waals surface area contributed by atoms with Crippen LogP contribution < -0.4 is 0 Å². The van der Waals surface area contributed by atoms with Gasteiger partial charge in [0.05, 0.1) is 0 Å². The summed E-state index contributed by atoms with van der Waals surface area (Å²) in [6.45, 7) is 6.59. The van der Waals surface area contributed by atoms with E-state index in [1.54, 1.807) is 11.9 Å². The normalized spacial score (nSPS) is 9.50. The van der Waals surface area contributed by atoms with Gasteiger partial charge in [0.1, 0.15) is 6.61 Å². The fourth-order valence-electron chi connectivity index (χ4n) is 0.446. The molecule has 3 heteroatoms. The predicted octanol–water partition coefficient (Wildman–Crippen LogP) is 0.315. The van der Waals surface area contributed by atoms with Crippen molar-refractivity contribution in [3.8, 4) is 0 Å². The van der Waals surface area contributed by atoms with E-state index in [0.29, 0.717) is 6.61 Å². The molecule has 3 nitrogen and oxygen atoms in total. The SMILES string of the molecule is [CH2]COCC(=O)N(C)CC. The van der Waals surface area contributed by atoms with Crippen molar-refractivity contribution in [3.63, 3.8) is 0 Å². The van der Waals surface area contributed by atoms with E-state index in [1.807, 2.05) is 6.92 Å². The van der Waals surface area contributed by atoms with Crippen molar-refractivity contribution < 1.29 is 9.53 Å². The number of carbonyl (C=O) groups is 1. The Morgan fingerprint density at radius 2 is 2.30 bits per heavy atom. The van der Waals surface area contributed by atoms with E-state index in [1.165, 1.54) is 0 Å². The van der Waals surface area contributed by atoms with Crippen molar-refractivity contribution in [2.45, 2.75) is 6.92 Å². The quantitative estimate of drug-likeness (QED) is 0.568. The second-order valence-corrected chi connectivity index (χ2v) is 1.96. The van der Waals surface area contributed by atoms with Gasteiger partial charge in [-0.05, 0) is 13.8 Å². The van der Waals surface area contributed by atoms with Gasteiger partial charge >= 0.3 is 0 Å². The van der Waals surface area contributed by atoms with Gasteiger partial charge in [-0.15, -0.1) is 0 Å². The lowest BCUT2D eigenvalue weighted by Crippen LogP contribution is -2.29. The van der Waals surface area contributed by atoms with E-state index >= 15 is 0 Å². The highest BCUT2D eigenvalue weighted by atomic mass is 16.5. The van der Waals surface area contributed by atoms with E-state index in [2.05, 4.69) is 6.92 Å². The first-order chi connectivity index (χ1) is 4.72. The van der Waals surface area contributed by atoms with Crippen LogP contribution in [0.15, 0.2) is 0 Å². The zero-order valence-electron chi connectivity index (χ0n) is 6.59. The molecule has 0 heterocycles. The van der Waals surface area contributed by atoms with Crippen LogP contribution in [0.3, 0.4) is 0 Å². The van der Waals surface area contributed by atoms with Gasteiger partial charge in [-0.3, -0.25) is 4.79 Å². The lowest BCUT2D eigenvalue weighted by molar-refractivity contribution is -0.134. The maximum absolute atomic E-state index is 10.9. The summed E-state index contributed by atoms with van der Waals surface area (Å²) in [4.78, 5) is 12.5. The fourth-order valence-corrected chi connectivity index (χ4v) is 0.446. The van der Waals surface area contributed by atoms with Crippen LogP contribution in [0.1, 0.15) is 6.92 Å². The molecule has 0 aliphatic carbocycles. The molecule has 0 fully saturated rings. The first-order valence-electron chi connectivity index (χ1n) is 3.33. The van der Waals surface area contributed by atoms with Crippen LogP contribution in [0, 0.1) is 6.92 Å². The van der Waals surface area contributed by atoms with Crippen LogP contribution in [0.5, 0.6) is 0 Å². The first-order valence-corrected chi connectivity index (χ1v) is 3.33. The summed E-state index contributed by atoms with van der Waals surface area (Å²) in [7, 11) is 1.74. The number of amides is 1. The topological polar surface area (TPSA) is 29.5 Å². The van der Waals surface area contributed by atoms with E-state index < -0.39 is 0 Å². The molecule has 0 spiro atoms. The Balaban J connectivity index is 3.42. The van der Waals surface area contributed by atoms with Crippen LogP contribution in [0.2, 0.25) is 0 Å². The fraction of sp³-hybridized carbons (Fsp3) is 0.714. The Morgan fingerprint density at radius 3 is 2.70 bits per heavy atom. The maximum Gasteiger partial charge on any atom is 0.248 e. The summed E-state index contributed by atoms with van der Waals surface area (Å²) in [5.41, 5.74) is 0. The second-order valence-electron chi connectivity index (χ2n) is 1.96. The average Bonchev–Trinajstić information content (AvgIpc) is 1.98. The molecule has 1 amide bonds. The third-order valence-corrected chi connectivity index (χ3v) is 1.27. The molecular weight excluding hydrogens is 130 g/mol. The summed E-state index contributed by atoms with van der Waals surface area (Å²) in [5.74, 6) is 0.00569. The molecule has 59 valence electrons. The number of likely N-dealkylation sites (N-methyl/N-ethyl adjacent to an activating group) is 1. The molecule has 0 aliphatic rings. The van der Waals surface area contributed by atoms with Crippen LogP contribution >= 0.6 is 0 Å². The molecule has 0 unspecified atom stereocenters. The summed E-state index contributed by atoms with van der Waals surface area (Å²) in [6, 6.07) is 0. The van der Waals surface area contributed by atoms with Crippen molar-refractivity contribution in [3.05, 3.63) is 6.92 Å². The predicted molar refractivity (Wildman–Crippen MR) is 39.5 cm³/mol. The van der Waals surface area contributed by atoms with Gasteiger partial charge in [-0.2, -0.15) is 0 Å². The standard InChI is InChI=1S/C7H14NO2/c1-4-8(3)7(9)6-10-5-2/h2,4-6H2,1,3H3. The zero-order valence-corrected chi connectivity index (χ0v) is 6.59. The minimum absolute atomic E-state index is 0.00569. The summed E-state index contributed by atoms with van der Waals surface area (Å²) in [6.07, 6.45) is 0. The molecule has 0 saturated carbocycles. The van der Waals surface area contributed by atoms with E-state index in [4.69, 9.17) is 4.74 Å². The zero-order chi connectivity index (χ0) is 7.98. The Morgan fingerprint density at radius 1 is 1.70 bits per heavy atom. The van der Waals surface area contributed by atoms with Crippen molar-refractivity contribution in [1.82, 2.24) is 4.90 Å². The highest BCUT2D eigenvalue weighted by Crippen LogP contribution is 1.84. The molecule has 0 aliphatic heterocycles. The van der Waals surface area contributed by atoms with Gasteiger partial charge in [-0.1, -0.05) is 0 Å². The second kappa shape index (κ2) is 5.23. The van der Waals surface area contributed by atoms with Crippen molar-refractivity contribution >= 4 is 5.91 Å². The van der Waals surface area contributed by atoms with Crippen LogP contribution in [-0.2, 0) is 9.53 Å². The van der Waals surface area contributed by atoms with Gasteiger partial charge in [0.15, 0.2) is 0 Å². The Hall–Kier alpha value is -0.570. The molecule has 1 radical (unpaired) electrons. The lowest BCUT2D eigenvalue weighted by Gasteiger charge is -2.13. The number of rotatable bonds is 4. The Kier molecular flexibility index (Phi) is 4.94. The van der Waals surface area contributed by atoms with Gasteiger partial charge in [-0.25, -0.2) is 0 Å². The number of nitrogens with zero attached hydrogens (tertiary/aromatic N) is 1. The number of ether oxygens (including phenoxy) is 1. The maximum atomic E-state index is 10.9. The Labute approximate surface area is 62.0 Å². The largest absolute Gasteiger partial charge is 0.372 e. The highest BCUT2D eigenvalue weighted by molar-refractivity contribution is 5.77. The van der Waals surface area contributed by atoms with Crippen LogP contribution in [0.25, 0.3) is 0 Å². The van der Waals surface area contributed by atoms with Gasteiger partial charge < -0.3 is 9.64 Å². The minimum Gasteiger partial charge on any atom is -0.372 e. The molecule has 0 saturated heterocycles. The smallest absolute Gasteiger partial charge is 0.248 e. The van der Waals surface area contributed by atoms with Crippen molar-refractivity contribution in [2.75, 3.05) is 26.8 Å². The lowest BCUT2D eigenvalue weighted by atomic mass is 10.5. The number of carbonyl (C=O) groups excluding carboxylic acids is 1. The summed E-state index contributed by atoms with van der Waals surface area (Å²) < 4.78 is 4.82. The monoisotopic (exact) mass is 144 g/mol. The van der Waals surface area contributed by atoms with E-state index in [9.17, 15) is 4.79 Å². The van der Waals surface area contributed by atoms with Gasteiger partial charge in [0.2, 0.25) is 5.91 Å². The van der Waals surface area contributed by atoms with E-state index in [0.717, 1.165) is 6.54 Å². The van der Waals surface area contributed by atoms with Crippen molar-refractivity contribution in [2.24, 2.45) is 0 Å². The van der Waals surface area contributed by atoms with Gasteiger partial charge in [0.25, 0.3) is 0 Å². The third-order valence-electron chi connectivity index (χ3n) is 1.27. The Bertz CT molecular complexity index is 104. The molecule has 0 atom stereocenters. The molecular formula is C7H14NO2. The molecule has 10 heavy (non-hydrogen) atoms. The molecule has 0 bridgehead atoms. The third kappa shape index (κ3) is 3.45. The van der Waals surface area contributed by atoms with Crippen LogP contribution in [-0.4, -0.2) is 37.6 Å². The van der Waals surface area contributed by atoms with Crippen LogP contribution in [0.4, 0.5) is 0 Å². The van der Waals surface area contributed by atoms with Crippen molar-refractivity contribution in [1.29, 1.82) is 0 Å². The molecule has 0 aromatic heterocycles. The molecule has 0 aromatic rings.